The van der Waals surface area contributed by atoms with Crippen molar-refractivity contribution in [1.82, 2.24) is 14.9 Å². The summed E-state index contributed by atoms with van der Waals surface area (Å²) in [6, 6.07) is 5.73. The Bertz CT molecular complexity index is 838. The van der Waals surface area contributed by atoms with Crippen LogP contribution in [0.5, 0.6) is 11.5 Å². The average molecular weight is 391 g/mol. The van der Waals surface area contributed by atoms with Crippen LogP contribution in [0, 0.1) is 10.7 Å². The lowest BCUT2D eigenvalue weighted by molar-refractivity contribution is 0.102. The first-order valence-corrected chi connectivity index (χ1v) is 9.63. The molecule has 0 spiro atoms. The van der Waals surface area contributed by atoms with E-state index < -0.39 is 0 Å². The minimum absolute atomic E-state index is 0.0682. The Kier molecular flexibility index (Phi) is 6.63. The van der Waals surface area contributed by atoms with E-state index in [0.717, 1.165) is 37.2 Å². The minimum atomic E-state index is -0.0682. The molecule has 0 unspecified atom stereocenters. The molecule has 7 nitrogen and oxygen atoms in total. The third-order valence-corrected chi connectivity index (χ3v) is 4.62. The normalized spacial score (nSPS) is 17.1. The Morgan fingerprint density at radius 1 is 1.44 bits per heavy atom. The van der Waals surface area contributed by atoms with Crippen LogP contribution in [-0.2, 0) is 4.74 Å². The predicted molar refractivity (Wildman–Crippen MR) is 106 cm³/mol. The fourth-order valence-electron chi connectivity index (χ4n) is 2.82. The molecule has 0 saturated carbocycles. The van der Waals surface area contributed by atoms with Gasteiger partial charge in [-0.3, -0.25) is 5.10 Å². The van der Waals surface area contributed by atoms with Crippen LogP contribution >= 0.6 is 12.2 Å². The average Bonchev–Trinajstić information content (AvgIpc) is 3.30. The molecule has 2 heterocycles. The van der Waals surface area contributed by atoms with E-state index in [9.17, 15) is 0 Å². The van der Waals surface area contributed by atoms with Gasteiger partial charge in [0, 0.05) is 6.61 Å². The molecule has 1 aromatic carbocycles. The van der Waals surface area contributed by atoms with Crippen molar-refractivity contribution in [3.8, 4) is 11.5 Å². The van der Waals surface area contributed by atoms with Gasteiger partial charge in [0.05, 0.1) is 19.9 Å². The summed E-state index contributed by atoms with van der Waals surface area (Å²) < 4.78 is 19.0. The summed E-state index contributed by atoms with van der Waals surface area (Å²) in [4.78, 5) is 0. The maximum Gasteiger partial charge on any atom is 0.216 e. The molecule has 0 amide bonds. The number of rotatable bonds is 8. The smallest absolute Gasteiger partial charge is 0.216 e. The quantitative estimate of drug-likeness (QED) is 0.542. The lowest BCUT2D eigenvalue weighted by Crippen LogP contribution is -2.05. The SMILES string of the molecule is COc1cc(/C=N\n2c([C@@H]3CCCO3)n[nH]c2=S)ccc1OCCC(C)C. The number of nitrogens with zero attached hydrogens (tertiary/aromatic N) is 3. The monoisotopic (exact) mass is 390 g/mol. The molecule has 0 aliphatic carbocycles. The van der Waals surface area contributed by atoms with Crippen LogP contribution in [0.3, 0.4) is 0 Å². The Labute approximate surface area is 164 Å². The maximum atomic E-state index is 5.83. The van der Waals surface area contributed by atoms with Crippen LogP contribution in [-0.4, -0.2) is 41.4 Å². The molecule has 2 aromatic rings. The van der Waals surface area contributed by atoms with Crippen LogP contribution < -0.4 is 9.47 Å². The van der Waals surface area contributed by atoms with E-state index in [1.165, 1.54) is 0 Å². The number of hydrogen-bond acceptors (Lipinski definition) is 6. The van der Waals surface area contributed by atoms with E-state index in [-0.39, 0.29) is 6.10 Å². The fraction of sp³-hybridized carbons (Fsp3) is 0.526. The number of hydrogen-bond donors (Lipinski definition) is 1. The van der Waals surface area contributed by atoms with Crippen LogP contribution in [0.2, 0.25) is 0 Å². The molecular formula is C19H26N4O3S. The van der Waals surface area contributed by atoms with Crippen molar-refractivity contribution in [1.29, 1.82) is 0 Å². The summed E-state index contributed by atoms with van der Waals surface area (Å²) in [7, 11) is 1.63. The first-order chi connectivity index (χ1) is 13.1. The topological polar surface area (TPSA) is 73.7 Å². The van der Waals surface area contributed by atoms with Crippen molar-refractivity contribution >= 4 is 18.4 Å². The molecular weight excluding hydrogens is 364 g/mol. The summed E-state index contributed by atoms with van der Waals surface area (Å²) in [5, 5.41) is 11.5. The fourth-order valence-corrected chi connectivity index (χ4v) is 3.00. The van der Waals surface area contributed by atoms with Crippen LogP contribution in [0.25, 0.3) is 0 Å². The summed E-state index contributed by atoms with van der Waals surface area (Å²) >= 11 is 5.29. The van der Waals surface area contributed by atoms with Gasteiger partial charge in [0.15, 0.2) is 17.3 Å². The number of nitrogens with one attached hydrogen (secondary N) is 1. The third kappa shape index (κ3) is 4.95. The summed E-state index contributed by atoms with van der Waals surface area (Å²) in [6.45, 7) is 5.75. The number of H-pyrrole nitrogens is 1. The lowest BCUT2D eigenvalue weighted by atomic mass is 10.1. The Balaban J connectivity index is 1.76. The van der Waals surface area contributed by atoms with Crippen LogP contribution in [0.4, 0.5) is 0 Å². The van der Waals surface area contributed by atoms with Crippen LogP contribution in [0.1, 0.15) is 50.6 Å². The van der Waals surface area contributed by atoms with E-state index in [0.29, 0.717) is 28.9 Å². The molecule has 1 fully saturated rings. The second-order valence-corrected chi connectivity index (χ2v) is 7.27. The van der Waals surface area contributed by atoms with Crippen LogP contribution in [0.15, 0.2) is 23.3 Å². The number of methoxy groups -OCH3 is 1. The molecule has 8 heteroatoms. The van der Waals surface area contributed by atoms with Gasteiger partial charge in [-0.25, -0.2) is 0 Å². The lowest BCUT2D eigenvalue weighted by Gasteiger charge is -2.12. The van der Waals surface area contributed by atoms with E-state index >= 15 is 0 Å². The first-order valence-electron chi connectivity index (χ1n) is 9.22. The van der Waals surface area contributed by atoms with Crippen molar-refractivity contribution in [2.45, 2.75) is 39.2 Å². The zero-order valence-corrected chi connectivity index (χ0v) is 16.8. The highest BCUT2D eigenvalue weighted by molar-refractivity contribution is 7.71. The van der Waals surface area contributed by atoms with Gasteiger partial charge in [-0.2, -0.15) is 14.9 Å². The summed E-state index contributed by atoms with van der Waals surface area (Å²) in [5.74, 6) is 2.71. The second kappa shape index (κ2) is 9.14. The molecule has 1 aliphatic heterocycles. The molecule has 0 radical (unpaired) electrons. The van der Waals surface area contributed by atoms with Gasteiger partial charge in [0.1, 0.15) is 6.10 Å². The molecule has 1 aromatic heterocycles. The van der Waals surface area contributed by atoms with Crippen molar-refractivity contribution < 1.29 is 14.2 Å². The van der Waals surface area contributed by atoms with Gasteiger partial charge in [0.25, 0.3) is 0 Å². The highest BCUT2D eigenvalue weighted by Crippen LogP contribution is 2.29. The molecule has 27 heavy (non-hydrogen) atoms. The van der Waals surface area contributed by atoms with E-state index in [1.54, 1.807) is 18.0 Å². The predicted octanol–water partition coefficient (Wildman–Crippen LogP) is 4.11. The molecule has 0 bridgehead atoms. The van der Waals surface area contributed by atoms with Gasteiger partial charge in [0.2, 0.25) is 4.77 Å². The standard InChI is InChI=1S/C19H26N4O3S/c1-13(2)8-10-26-15-7-6-14(11-17(15)24-3)12-20-23-18(21-22-19(23)27)16-5-4-9-25-16/h6-7,11-13,16H,4-5,8-10H2,1-3H3,(H,22,27)/b20-12-/t16-/m0/s1. The Morgan fingerprint density at radius 3 is 3.00 bits per heavy atom. The first kappa shape index (κ1) is 19.6. The van der Waals surface area contributed by atoms with E-state index in [2.05, 4.69) is 29.1 Å². The minimum Gasteiger partial charge on any atom is -0.493 e. The number of ether oxygens (including phenoxy) is 3. The van der Waals surface area contributed by atoms with E-state index in [1.807, 2.05) is 18.2 Å². The van der Waals surface area contributed by atoms with Crippen molar-refractivity contribution in [3.05, 3.63) is 34.4 Å². The van der Waals surface area contributed by atoms with Gasteiger partial charge in [-0.15, -0.1) is 0 Å². The van der Waals surface area contributed by atoms with Crippen molar-refractivity contribution in [2.75, 3.05) is 20.3 Å². The number of benzene rings is 1. The molecule has 1 aliphatic rings. The number of aromatic amines is 1. The largest absolute Gasteiger partial charge is 0.493 e. The third-order valence-electron chi connectivity index (χ3n) is 4.36. The Hall–Kier alpha value is -2.19. The highest BCUT2D eigenvalue weighted by Gasteiger charge is 2.23. The van der Waals surface area contributed by atoms with Crippen molar-refractivity contribution in [2.24, 2.45) is 11.0 Å². The summed E-state index contributed by atoms with van der Waals surface area (Å²) in [5.41, 5.74) is 0.879. The van der Waals surface area contributed by atoms with Gasteiger partial charge < -0.3 is 14.2 Å². The molecule has 1 saturated heterocycles. The molecule has 1 atom stereocenters. The summed E-state index contributed by atoms with van der Waals surface area (Å²) in [6.07, 6.45) is 4.59. The second-order valence-electron chi connectivity index (χ2n) is 6.89. The van der Waals surface area contributed by atoms with Gasteiger partial charge >= 0.3 is 0 Å². The van der Waals surface area contributed by atoms with Crippen molar-refractivity contribution in [3.63, 3.8) is 0 Å². The molecule has 146 valence electrons. The van der Waals surface area contributed by atoms with E-state index in [4.69, 9.17) is 26.4 Å². The maximum absolute atomic E-state index is 5.83. The molecule has 1 N–H and O–H groups in total. The zero-order valence-electron chi connectivity index (χ0n) is 16.0. The highest BCUT2D eigenvalue weighted by atomic mass is 32.1. The zero-order chi connectivity index (χ0) is 19.2. The molecule has 3 rings (SSSR count). The van der Waals surface area contributed by atoms with Gasteiger partial charge in [-0.05, 0) is 61.2 Å². The number of aromatic nitrogens is 3. The van der Waals surface area contributed by atoms with Gasteiger partial charge in [-0.1, -0.05) is 13.8 Å². The Morgan fingerprint density at radius 2 is 2.30 bits per heavy atom.